The number of halogens is 3. The van der Waals surface area contributed by atoms with E-state index >= 15 is 0 Å². The Morgan fingerprint density at radius 2 is 1.71 bits per heavy atom. The average Bonchev–Trinajstić information content (AvgIpc) is 2.16. The Morgan fingerprint density at radius 1 is 1.21 bits per heavy atom. The van der Waals surface area contributed by atoms with Gasteiger partial charge >= 0.3 is 0 Å². The summed E-state index contributed by atoms with van der Waals surface area (Å²) in [7, 11) is -2.94. The predicted molar refractivity (Wildman–Crippen MR) is 64.5 cm³/mol. The van der Waals surface area contributed by atoms with Crippen LogP contribution in [-0.2, 0) is 4.57 Å². The lowest BCUT2D eigenvalue weighted by atomic mass is 10.4. The summed E-state index contributed by atoms with van der Waals surface area (Å²) in [4.78, 5) is 0. The van der Waals surface area contributed by atoms with E-state index in [1.807, 2.05) is 6.07 Å². The van der Waals surface area contributed by atoms with Crippen LogP contribution in [0, 0.1) is 0 Å². The molecule has 0 saturated carbocycles. The molecule has 1 rings (SSSR count). The lowest BCUT2D eigenvalue weighted by molar-refractivity contribution is 0.582. The quantitative estimate of drug-likeness (QED) is 0.586. The van der Waals surface area contributed by atoms with Crippen molar-refractivity contribution in [3.63, 3.8) is 0 Å². The van der Waals surface area contributed by atoms with Crippen LogP contribution in [0.5, 0.6) is 0 Å². The smallest absolute Gasteiger partial charge is 0.246 e. The molecule has 78 valence electrons. The maximum absolute atomic E-state index is 12.4. The van der Waals surface area contributed by atoms with Gasteiger partial charge in [-0.05, 0) is 0 Å². The monoisotopic (exact) mass is 270 g/mol. The highest BCUT2D eigenvalue weighted by Gasteiger charge is 2.43. The van der Waals surface area contributed by atoms with Crippen LogP contribution in [0.1, 0.15) is 6.92 Å². The topological polar surface area (TPSA) is 17.1 Å². The Kier molecular flexibility index (Phi) is 3.94. The predicted octanol–water partition coefficient (Wildman–Crippen LogP) is 4.02. The van der Waals surface area contributed by atoms with Crippen molar-refractivity contribution in [2.75, 3.05) is 6.16 Å². The van der Waals surface area contributed by atoms with Crippen LogP contribution in [-0.4, -0.2) is 9.70 Å². The summed E-state index contributed by atoms with van der Waals surface area (Å²) in [5.41, 5.74) is 0. The fraction of sp³-hybridized carbons (Fsp3) is 0.333. The first-order valence-electron chi connectivity index (χ1n) is 4.13. The third kappa shape index (κ3) is 2.28. The first-order chi connectivity index (χ1) is 6.42. The molecule has 0 heterocycles. The van der Waals surface area contributed by atoms with E-state index in [9.17, 15) is 4.57 Å². The highest BCUT2D eigenvalue weighted by molar-refractivity contribution is 7.78. The van der Waals surface area contributed by atoms with Gasteiger partial charge in [0.25, 0.3) is 0 Å². The van der Waals surface area contributed by atoms with Gasteiger partial charge in [0.15, 0.2) is 7.14 Å². The third-order valence-electron chi connectivity index (χ3n) is 2.03. The first-order valence-corrected chi connectivity index (χ1v) is 7.16. The van der Waals surface area contributed by atoms with Gasteiger partial charge < -0.3 is 4.57 Å². The molecule has 0 amide bonds. The van der Waals surface area contributed by atoms with Crippen LogP contribution in [0.15, 0.2) is 30.3 Å². The molecule has 0 aliphatic carbocycles. The van der Waals surface area contributed by atoms with Crippen LogP contribution in [0.3, 0.4) is 0 Å². The largest absolute Gasteiger partial charge is 0.314 e. The van der Waals surface area contributed by atoms with Crippen LogP contribution in [0.2, 0.25) is 0 Å². The van der Waals surface area contributed by atoms with Gasteiger partial charge in [-0.3, -0.25) is 0 Å². The van der Waals surface area contributed by atoms with E-state index in [1.54, 1.807) is 31.2 Å². The zero-order valence-corrected chi connectivity index (χ0v) is 10.7. The minimum atomic E-state index is -2.94. The zero-order chi connectivity index (χ0) is 10.8. The molecule has 0 radical (unpaired) electrons. The van der Waals surface area contributed by atoms with Crippen LogP contribution in [0.4, 0.5) is 0 Å². The molecular formula is C9H10Cl3OP. The molecule has 1 aromatic rings. The zero-order valence-electron chi connectivity index (χ0n) is 7.58. The number of alkyl halides is 3. The highest BCUT2D eigenvalue weighted by atomic mass is 35.6. The van der Waals surface area contributed by atoms with Crippen LogP contribution < -0.4 is 5.30 Å². The van der Waals surface area contributed by atoms with E-state index in [2.05, 4.69) is 0 Å². The van der Waals surface area contributed by atoms with Crippen molar-refractivity contribution in [3.05, 3.63) is 30.3 Å². The maximum Gasteiger partial charge on any atom is 0.246 e. The third-order valence-corrected chi connectivity index (χ3v) is 7.33. The standard InChI is InChI=1S/C9H10Cl3OP/c1-2-14(13,9(10,11)12)8-6-4-3-5-7-8/h3-7H,2H2,1H3. The van der Waals surface area contributed by atoms with E-state index in [0.717, 1.165) is 0 Å². The summed E-state index contributed by atoms with van der Waals surface area (Å²) in [6, 6.07) is 8.86. The highest BCUT2D eigenvalue weighted by Crippen LogP contribution is 2.63. The molecule has 1 aromatic carbocycles. The molecule has 5 heteroatoms. The molecule has 1 unspecified atom stereocenters. The number of hydrogen-bond acceptors (Lipinski definition) is 1. The fourth-order valence-corrected chi connectivity index (χ4v) is 4.80. The molecule has 1 atom stereocenters. The Morgan fingerprint density at radius 3 is 2.07 bits per heavy atom. The molecule has 0 fully saturated rings. The minimum absolute atomic E-state index is 0.341. The van der Waals surface area contributed by atoms with E-state index in [-0.39, 0.29) is 0 Å². The summed E-state index contributed by atoms with van der Waals surface area (Å²) >= 11 is 17.2. The summed E-state index contributed by atoms with van der Waals surface area (Å²) < 4.78 is 10.7. The van der Waals surface area contributed by atoms with Gasteiger partial charge in [0.2, 0.25) is 3.53 Å². The van der Waals surface area contributed by atoms with Crippen molar-refractivity contribution in [2.24, 2.45) is 0 Å². The maximum atomic E-state index is 12.4. The SMILES string of the molecule is CCP(=O)(c1ccccc1)C(Cl)(Cl)Cl. The minimum Gasteiger partial charge on any atom is -0.314 e. The summed E-state index contributed by atoms with van der Waals surface area (Å²) in [5, 5.41) is 0.613. The van der Waals surface area contributed by atoms with Crippen LogP contribution in [0.25, 0.3) is 0 Å². The van der Waals surface area contributed by atoms with Gasteiger partial charge in [0.1, 0.15) is 0 Å². The average molecular weight is 272 g/mol. The summed E-state index contributed by atoms with van der Waals surface area (Å²) in [6.07, 6.45) is 0.341. The van der Waals surface area contributed by atoms with Crippen molar-refractivity contribution in [1.29, 1.82) is 0 Å². The second-order valence-electron chi connectivity index (χ2n) is 2.86. The number of rotatable bonds is 2. The van der Waals surface area contributed by atoms with E-state index in [0.29, 0.717) is 11.5 Å². The molecule has 0 aliphatic heterocycles. The number of hydrogen-bond donors (Lipinski definition) is 0. The Hall–Kier alpha value is 0.320. The second kappa shape index (κ2) is 4.45. The molecule has 0 aliphatic rings. The lowest BCUT2D eigenvalue weighted by Gasteiger charge is -2.24. The van der Waals surface area contributed by atoms with Gasteiger partial charge in [-0.25, -0.2) is 0 Å². The van der Waals surface area contributed by atoms with Gasteiger partial charge in [-0.2, -0.15) is 0 Å². The summed E-state index contributed by atoms with van der Waals surface area (Å²) in [5.74, 6) is 0. The fourth-order valence-electron chi connectivity index (χ4n) is 1.18. The second-order valence-corrected chi connectivity index (χ2v) is 9.23. The Labute approximate surface area is 98.7 Å². The van der Waals surface area contributed by atoms with Gasteiger partial charge in [-0.1, -0.05) is 72.1 Å². The molecule has 0 spiro atoms. The van der Waals surface area contributed by atoms with Crippen LogP contribution >= 0.6 is 41.9 Å². The van der Waals surface area contributed by atoms with Crippen molar-refractivity contribution in [1.82, 2.24) is 0 Å². The van der Waals surface area contributed by atoms with Gasteiger partial charge in [-0.15, -0.1) is 0 Å². The van der Waals surface area contributed by atoms with Gasteiger partial charge in [0, 0.05) is 11.5 Å². The number of benzene rings is 1. The van der Waals surface area contributed by atoms with Crippen molar-refractivity contribution >= 4 is 47.2 Å². The van der Waals surface area contributed by atoms with Crippen molar-refractivity contribution in [3.8, 4) is 0 Å². The van der Waals surface area contributed by atoms with Crippen molar-refractivity contribution < 1.29 is 4.57 Å². The Balaban J connectivity index is 3.23. The molecule has 0 bridgehead atoms. The molecular weight excluding hydrogens is 261 g/mol. The normalized spacial score (nSPS) is 16.3. The first kappa shape index (κ1) is 12.4. The van der Waals surface area contributed by atoms with E-state index in [1.165, 1.54) is 0 Å². The lowest BCUT2D eigenvalue weighted by Crippen LogP contribution is -2.17. The van der Waals surface area contributed by atoms with Crippen molar-refractivity contribution in [2.45, 2.75) is 10.5 Å². The molecule has 14 heavy (non-hydrogen) atoms. The van der Waals surface area contributed by atoms with E-state index < -0.39 is 10.7 Å². The molecule has 0 N–H and O–H groups in total. The Bertz CT molecular complexity index is 345. The van der Waals surface area contributed by atoms with E-state index in [4.69, 9.17) is 34.8 Å². The molecule has 0 aromatic heterocycles. The molecule has 0 saturated heterocycles. The summed E-state index contributed by atoms with van der Waals surface area (Å²) in [6.45, 7) is 1.76. The van der Waals surface area contributed by atoms with Gasteiger partial charge in [0.05, 0.1) is 0 Å². The molecule has 1 nitrogen and oxygen atoms in total.